The van der Waals surface area contributed by atoms with Crippen molar-refractivity contribution in [3.05, 3.63) is 63.9 Å². The Kier molecular flexibility index (Phi) is 5.05. The number of methoxy groups -OCH3 is 1. The van der Waals surface area contributed by atoms with Gasteiger partial charge >= 0.3 is 0 Å². The number of benzene rings is 2. The van der Waals surface area contributed by atoms with Crippen LogP contribution >= 0.6 is 15.9 Å². The van der Waals surface area contributed by atoms with Crippen molar-refractivity contribution in [1.82, 2.24) is 5.43 Å². The van der Waals surface area contributed by atoms with Gasteiger partial charge in [-0.25, -0.2) is 9.82 Å². The number of nitrogens with zero attached hydrogens (tertiary/aromatic N) is 1. The number of hydrazone groups is 1. The molecule has 6 heteroatoms. The molecule has 108 valence electrons. The fourth-order valence-electron chi connectivity index (χ4n) is 1.63. The number of halogens is 2. The molecule has 0 fully saturated rings. The first-order valence-corrected chi connectivity index (χ1v) is 6.82. The summed E-state index contributed by atoms with van der Waals surface area (Å²) in [6.07, 6.45) is 1.43. The lowest BCUT2D eigenvalue weighted by atomic mass is 10.2. The van der Waals surface area contributed by atoms with Gasteiger partial charge in [-0.3, -0.25) is 4.79 Å². The Balaban J connectivity index is 2.08. The molecule has 0 saturated carbocycles. The minimum atomic E-state index is -0.397. The predicted molar refractivity (Wildman–Crippen MR) is 82.2 cm³/mol. The van der Waals surface area contributed by atoms with Crippen molar-refractivity contribution >= 4 is 28.1 Å². The van der Waals surface area contributed by atoms with E-state index in [1.807, 2.05) is 0 Å². The summed E-state index contributed by atoms with van der Waals surface area (Å²) >= 11 is 3.30. The molecule has 0 atom stereocenters. The molecule has 0 saturated heterocycles. The summed E-state index contributed by atoms with van der Waals surface area (Å²) in [5.41, 5.74) is 3.44. The fraction of sp³-hybridized carbons (Fsp3) is 0.0667. The first kappa shape index (κ1) is 15.2. The average Bonchev–Trinajstić information content (AvgIpc) is 2.49. The number of amides is 1. The van der Waals surface area contributed by atoms with Crippen molar-refractivity contribution < 1.29 is 13.9 Å². The Morgan fingerprint density at radius 1 is 1.29 bits per heavy atom. The SMILES string of the molecule is COc1ccc(Br)cc1C(=O)NN=Cc1ccc(F)cc1. The van der Waals surface area contributed by atoms with E-state index in [0.717, 1.165) is 4.47 Å². The summed E-state index contributed by atoms with van der Waals surface area (Å²) in [5, 5.41) is 3.83. The molecular weight excluding hydrogens is 339 g/mol. The van der Waals surface area contributed by atoms with Crippen LogP contribution in [0.15, 0.2) is 52.0 Å². The maximum absolute atomic E-state index is 12.7. The molecule has 1 amide bonds. The number of nitrogens with one attached hydrogen (secondary N) is 1. The van der Waals surface area contributed by atoms with E-state index in [2.05, 4.69) is 26.5 Å². The minimum Gasteiger partial charge on any atom is -0.496 e. The Morgan fingerprint density at radius 2 is 2.00 bits per heavy atom. The molecule has 0 radical (unpaired) electrons. The van der Waals surface area contributed by atoms with Crippen molar-refractivity contribution in [2.75, 3.05) is 7.11 Å². The molecule has 2 rings (SSSR count). The normalized spacial score (nSPS) is 10.6. The van der Waals surface area contributed by atoms with E-state index in [1.54, 1.807) is 30.3 Å². The topological polar surface area (TPSA) is 50.7 Å². The van der Waals surface area contributed by atoms with Crippen molar-refractivity contribution in [3.63, 3.8) is 0 Å². The van der Waals surface area contributed by atoms with Gasteiger partial charge in [-0.1, -0.05) is 28.1 Å². The Morgan fingerprint density at radius 3 is 2.67 bits per heavy atom. The van der Waals surface area contributed by atoms with E-state index in [0.29, 0.717) is 16.9 Å². The monoisotopic (exact) mass is 350 g/mol. The van der Waals surface area contributed by atoms with Crippen molar-refractivity contribution in [2.45, 2.75) is 0 Å². The zero-order valence-electron chi connectivity index (χ0n) is 11.1. The van der Waals surface area contributed by atoms with E-state index >= 15 is 0 Å². The average molecular weight is 351 g/mol. The van der Waals surface area contributed by atoms with E-state index in [4.69, 9.17) is 4.74 Å². The standard InChI is InChI=1S/C15H12BrFN2O2/c1-21-14-7-4-11(16)8-13(14)15(20)19-18-9-10-2-5-12(17)6-3-10/h2-9H,1H3,(H,19,20). The highest BCUT2D eigenvalue weighted by molar-refractivity contribution is 9.10. The van der Waals surface area contributed by atoms with Gasteiger partial charge in [-0.05, 0) is 35.9 Å². The highest BCUT2D eigenvalue weighted by Gasteiger charge is 2.11. The summed E-state index contributed by atoms with van der Waals surface area (Å²) in [6.45, 7) is 0. The second-order valence-corrected chi connectivity index (χ2v) is 5.01. The Labute approximate surface area is 129 Å². The zero-order valence-corrected chi connectivity index (χ0v) is 12.7. The molecule has 21 heavy (non-hydrogen) atoms. The van der Waals surface area contributed by atoms with Crippen molar-refractivity contribution in [2.24, 2.45) is 5.10 Å². The molecule has 2 aromatic rings. The number of ether oxygens (including phenoxy) is 1. The van der Waals surface area contributed by atoms with E-state index in [1.165, 1.54) is 25.5 Å². The number of hydrogen-bond donors (Lipinski definition) is 1. The van der Waals surface area contributed by atoms with Crippen LogP contribution in [0.2, 0.25) is 0 Å². The molecule has 0 aliphatic rings. The lowest BCUT2D eigenvalue weighted by Gasteiger charge is -2.07. The molecule has 0 aliphatic heterocycles. The van der Waals surface area contributed by atoms with Crippen molar-refractivity contribution in [1.29, 1.82) is 0 Å². The van der Waals surface area contributed by atoms with Crippen LogP contribution in [0.1, 0.15) is 15.9 Å². The molecule has 0 heterocycles. The molecule has 0 spiro atoms. The van der Waals surface area contributed by atoms with Crippen molar-refractivity contribution in [3.8, 4) is 5.75 Å². The molecular formula is C15H12BrFN2O2. The lowest BCUT2D eigenvalue weighted by molar-refractivity contribution is 0.0952. The molecule has 4 nitrogen and oxygen atoms in total. The van der Waals surface area contributed by atoms with Crippen LogP contribution < -0.4 is 10.2 Å². The fourth-order valence-corrected chi connectivity index (χ4v) is 1.99. The van der Waals surface area contributed by atoms with Gasteiger partial charge in [-0.15, -0.1) is 0 Å². The minimum absolute atomic E-state index is 0.324. The van der Waals surface area contributed by atoms with Gasteiger partial charge in [0.15, 0.2) is 0 Å². The van der Waals surface area contributed by atoms with Crippen LogP contribution in [-0.2, 0) is 0 Å². The lowest BCUT2D eigenvalue weighted by Crippen LogP contribution is -2.18. The van der Waals surface area contributed by atoms with Gasteiger partial charge in [0.2, 0.25) is 0 Å². The quantitative estimate of drug-likeness (QED) is 0.678. The van der Waals surface area contributed by atoms with E-state index in [-0.39, 0.29) is 5.82 Å². The van der Waals surface area contributed by atoms with Gasteiger partial charge < -0.3 is 4.74 Å². The van der Waals surface area contributed by atoms with Gasteiger partial charge in [0, 0.05) is 4.47 Å². The van der Waals surface area contributed by atoms with Crippen LogP contribution in [-0.4, -0.2) is 19.2 Å². The molecule has 0 aromatic heterocycles. The zero-order chi connectivity index (χ0) is 15.2. The maximum atomic E-state index is 12.7. The van der Waals surface area contributed by atoms with Crippen LogP contribution in [0.5, 0.6) is 5.75 Å². The Bertz CT molecular complexity index is 672. The van der Waals surface area contributed by atoms with Gasteiger partial charge in [0.05, 0.1) is 18.9 Å². The first-order chi connectivity index (χ1) is 10.1. The number of carbonyl (C=O) groups excluding carboxylic acids is 1. The summed E-state index contributed by atoms with van der Waals surface area (Å²) < 4.78 is 18.6. The summed E-state index contributed by atoms with van der Waals surface area (Å²) in [6, 6.07) is 10.9. The van der Waals surface area contributed by atoms with E-state index in [9.17, 15) is 9.18 Å². The summed E-state index contributed by atoms with van der Waals surface area (Å²) in [7, 11) is 1.49. The predicted octanol–water partition coefficient (Wildman–Crippen LogP) is 3.36. The number of carbonyl (C=O) groups is 1. The van der Waals surface area contributed by atoms with Gasteiger partial charge in [-0.2, -0.15) is 5.10 Å². The van der Waals surface area contributed by atoms with Gasteiger partial charge in [0.1, 0.15) is 11.6 Å². The Hall–Kier alpha value is -2.21. The van der Waals surface area contributed by atoms with Crippen LogP contribution in [0.25, 0.3) is 0 Å². The summed E-state index contributed by atoms with van der Waals surface area (Å²) in [5.74, 6) is -0.269. The third-order valence-electron chi connectivity index (χ3n) is 2.66. The third-order valence-corrected chi connectivity index (χ3v) is 3.15. The highest BCUT2D eigenvalue weighted by atomic mass is 79.9. The third kappa shape index (κ3) is 4.13. The molecule has 0 unspecified atom stereocenters. The second-order valence-electron chi connectivity index (χ2n) is 4.10. The molecule has 0 bridgehead atoms. The molecule has 0 aliphatic carbocycles. The number of rotatable bonds is 4. The largest absolute Gasteiger partial charge is 0.496 e. The van der Waals surface area contributed by atoms with Gasteiger partial charge in [0.25, 0.3) is 5.91 Å². The second kappa shape index (κ2) is 6.99. The summed E-state index contributed by atoms with van der Waals surface area (Å²) in [4.78, 5) is 12.0. The molecule has 2 aromatic carbocycles. The highest BCUT2D eigenvalue weighted by Crippen LogP contribution is 2.22. The molecule has 1 N–H and O–H groups in total. The van der Waals surface area contributed by atoms with E-state index < -0.39 is 5.91 Å². The number of hydrogen-bond acceptors (Lipinski definition) is 3. The first-order valence-electron chi connectivity index (χ1n) is 6.02. The maximum Gasteiger partial charge on any atom is 0.275 e. The van der Waals surface area contributed by atoms with Crippen LogP contribution in [0.4, 0.5) is 4.39 Å². The van der Waals surface area contributed by atoms with Crippen LogP contribution in [0.3, 0.4) is 0 Å². The smallest absolute Gasteiger partial charge is 0.275 e. The van der Waals surface area contributed by atoms with Crippen LogP contribution in [0, 0.1) is 5.82 Å².